The minimum atomic E-state index is -0.429. The van der Waals surface area contributed by atoms with Gasteiger partial charge in [0.15, 0.2) is 5.65 Å². The second-order valence-corrected chi connectivity index (χ2v) is 10.8. The Morgan fingerprint density at radius 1 is 1.28 bits per heavy atom. The molecule has 190 valence electrons. The number of rotatable bonds is 6. The lowest BCUT2D eigenvalue weighted by Gasteiger charge is -2.40. The smallest absolute Gasteiger partial charge is 0.258 e. The van der Waals surface area contributed by atoms with E-state index in [1.807, 2.05) is 0 Å². The second kappa shape index (κ2) is 9.28. The highest BCUT2D eigenvalue weighted by Gasteiger charge is 2.42. The van der Waals surface area contributed by atoms with E-state index < -0.39 is 5.82 Å². The van der Waals surface area contributed by atoms with Crippen LogP contribution in [-0.4, -0.2) is 66.8 Å². The first-order valence-electron chi connectivity index (χ1n) is 12.5. The molecule has 3 aromatic rings. The molecule has 0 radical (unpaired) electrons. The first kappa shape index (κ1) is 23.6. The standard InChI is InChI=1S/C26H29ClFN5O3/c1-15(14-34)10-32-18-3-4-19(32)8-20(7-18)36-24-6-17(28)2-5-21(24)26(35)31-12-22-23(13-31)30-33-11-16(27)9-29-25(22)33/h2,5-6,9,11,15,18-20,34H,3-4,7-8,10,12-14H2,1H3/t15-,18-,19+,20?/m1/s1. The molecule has 1 amide bonds. The van der Waals surface area contributed by atoms with Crippen LogP contribution in [-0.2, 0) is 13.1 Å². The van der Waals surface area contributed by atoms with Crippen molar-refractivity contribution < 1.29 is 19.0 Å². The Bertz CT molecular complexity index is 1300. The average Bonchev–Trinajstić information content (AvgIpc) is 3.47. The highest BCUT2D eigenvalue weighted by atomic mass is 35.5. The number of hydrogen-bond donors (Lipinski definition) is 1. The fraction of sp³-hybridized carbons (Fsp3) is 0.500. The third-order valence-corrected chi connectivity index (χ3v) is 7.93. The number of nitrogens with zero attached hydrogens (tertiary/aromatic N) is 5. The molecule has 0 aliphatic carbocycles. The largest absolute Gasteiger partial charge is 0.489 e. The lowest BCUT2D eigenvalue weighted by molar-refractivity contribution is 0.0340. The van der Waals surface area contributed by atoms with Crippen LogP contribution in [0, 0.1) is 11.7 Å². The zero-order valence-electron chi connectivity index (χ0n) is 20.1. The van der Waals surface area contributed by atoms with Crippen molar-refractivity contribution in [1.82, 2.24) is 24.4 Å². The maximum absolute atomic E-state index is 14.3. The fourth-order valence-electron chi connectivity index (χ4n) is 6.02. The Morgan fingerprint density at radius 3 is 2.81 bits per heavy atom. The van der Waals surface area contributed by atoms with E-state index in [-0.39, 0.29) is 24.5 Å². The van der Waals surface area contributed by atoms with Crippen molar-refractivity contribution in [2.75, 3.05) is 13.2 Å². The molecule has 0 spiro atoms. The Balaban J connectivity index is 1.19. The van der Waals surface area contributed by atoms with Crippen molar-refractivity contribution >= 4 is 23.2 Å². The molecule has 3 aliphatic rings. The lowest BCUT2D eigenvalue weighted by atomic mass is 9.98. The molecule has 2 saturated heterocycles. The molecular weight excluding hydrogens is 485 g/mol. The molecule has 2 fully saturated rings. The van der Waals surface area contributed by atoms with Crippen LogP contribution in [0.2, 0.25) is 5.02 Å². The lowest BCUT2D eigenvalue weighted by Crippen LogP contribution is -2.48. The van der Waals surface area contributed by atoms with Crippen molar-refractivity contribution in [2.24, 2.45) is 5.92 Å². The Morgan fingerprint density at radius 2 is 2.06 bits per heavy atom. The molecular formula is C26H29ClFN5O3. The number of aliphatic hydroxyl groups is 1. The number of aliphatic hydroxyl groups excluding tert-OH is 1. The van der Waals surface area contributed by atoms with Gasteiger partial charge in [0.25, 0.3) is 5.91 Å². The summed E-state index contributed by atoms with van der Waals surface area (Å²) < 4.78 is 22.2. The summed E-state index contributed by atoms with van der Waals surface area (Å²) in [7, 11) is 0. The van der Waals surface area contributed by atoms with Crippen LogP contribution in [0.15, 0.2) is 30.6 Å². The van der Waals surface area contributed by atoms with Gasteiger partial charge in [0.1, 0.15) is 17.7 Å². The molecule has 1 N–H and O–H groups in total. The maximum atomic E-state index is 14.3. The molecule has 2 aromatic heterocycles. The first-order valence-corrected chi connectivity index (χ1v) is 12.9. The monoisotopic (exact) mass is 513 g/mol. The van der Waals surface area contributed by atoms with Gasteiger partial charge in [0.2, 0.25) is 0 Å². The van der Waals surface area contributed by atoms with Gasteiger partial charge in [-0.05, 0) is 43.7 Å². The predicted octanol–water partition coefficient (Wildman–Crippen LogP) is 3.68. The summed E-state index contributed by atoms with van der Waals surface area (Å²) in [6, 6.07) is 4.92. The molecule has 2 bridgehead atoms. The summed E-state index contributed by atoms with van der Waals surface area (Å²) in [4.78, 5) is 22.1. The topological polar surface area (TPSA) is 83.2 Å². The van der Waals surface area contributed by atoms with Crippen LogP contribution in [0.4, 0.5) is 4.39 Å². The van der Waals surface area contributed by atoms with Gasteiger partial charge in [-0.25, -0.2) is 13.9 Å². The number of hydrogen-bond acceptors (Lipinski definition) is 6. The Kier molecular flexibility index (Phi) is 6.09. The maximum Gasteiger partial charge on any atom is 0.258 e. The van der Waals surface area contributed by atoms with E-state index >= 15 is 0 Å². The molecule has 1 unspecified atom stereocenters. The average molecular weight is 514 g/mol. The highest BCUT2D eigenvalue weighted by molar-refractivity contribution is 6.30. The van der Waals surface area contributed by atoms with Crippen LogP contribution in [0.1, 0.15) is 54.2 Å². The molecule has 3 aliphatic heterocycles. The summed E-state index contributed by atoms with van der Waals surface area (Å²) >= 11 is 6.02. The normalized spacial score (nSPS) is 24.3. The van der Waals surface area contributed by atoms with Gasteiger partial charge in [-0.2, -0.15) is 5.10 Å². The van der Waals surface area contributed by atoms with Crippen molar-refractivity contribution in [2.45, 2.75) is 63.9 Å². The van der Waals surface area contributed by atoms with Crippen LogP contribution in [0.25, 0.3) is 5.65 Å². The van der Waals surface area contributed by atoms with Crippen LogP contribution < -0.4 is 4.74 Å². The fourth-order valence-corrected chi connectivity index (χ4v) is 6.16. The summed E-state index contributed by atoms with van der Waals surface area (Å²) in [6.07, 6.45) is 7.06. The zero-order valence-corrected chi connectivity index (χ0v) is 20.9. The molecule has 10 heteroatoms. The van der Waals surface area contributed by atoms with E-state index in [2.05, 4.69) is 21.9 Å². The van der Waals surface area contributed by atoms with Gasteiger partial charge in [0.05, 0.1) is 35.6 Å². The third-order valence-electron chi connectivity index (χ3n) is 7.74. The number of halogens is 2. The van der Waals surface area contributed by atoms with E-state index in [9.17, 15) is 14.3 Å². The molecule has 5 heterocycles. The van der Waals surface area contributed by atoms with E-state index in [4.69, 9.17) is 16.3 Å². The van der Waals surface area contributed by atoms with Gasteiger partial charge >= 0.3 is 0 Å². The van der Waals surface area contributed by atoms with Gasteiger partial charge in [-0.1, -0.05) is 18.5 Å². The Labute approximate surface area is 213 Å². The molecule has 4 atom stereocenters. The molecule has 6 rings (SSSR count). The quantitative estimate of drug-likeness (QED) is 0.541. The van der Waals surface area contributed by atoms with Crippen molar-refractivity contribution in [3.63, 3.8) is 0 Å². The number of fused-ring (bicyclic) bond motifs is 5. The first-order chi connectivity index (χ1) is 17.4. The van der Waals surface area contributed by atoms with Gasteiger partial charge in [-0.15, -0.1) is 0 Å². The predicted molar refractivity (Wildman–Crippen MR) is 131 cm³/mol. The molecule has 8 nitrogen and oxygen atoms in total. The number of carbonyl (C=O) groups excluding carboxylic acids is 1. The number of benzene rings is 1. The van der Waals surface area contributed by atoms with Crippen LogP contribution >= 0.6 is 11.6 Å². The van der Waals surface area contributed by atoms with Crippen molar-refractivity contribution in [3.8, 4) is 5.75 Å². The summed E-state index contributed by atoms with van der Waals surface area (Å²) in [5.74, 6) is -0.113. The Hall–Kier alpha value is -2.75. The van der Waals surface area contributed by atoms with Gasteiger partial charge in [-0.3, -0.25) is 9.69 Å². The van der Waals surface area contributed by atoms with E-state index in [0.717, 1.165) is 43.5 Å². The highest BCUT2D eigenvalue weighted by Crippen LogP contribution is 2.39. The van der Waals surface area contributed by atoms with Crippen molar-refractivity contribution in [1.29, 1.82) is 0 Å². The molecule has 1 aromatic carbocycles. The van der Waals surface area contributed by atoms with Crippen LogP contribution in [0.5, 0.6) is 5.75 Å². The van der Waals surface area contributed by atoms with Crippen LogP contribution in [0.3, 0.4) is 0 Å². The second-order valence-electron chi connectivity index (χ2n) is 10.3. The molecule has 0 saturated carbocycles. The summed E-state index contributed by atoms with van der Waals surface area (Å²) in [6.45, 7) is 3.83. The minimum absolute atomic E-state index is 0.0783. The van der Waals surface area contributed by atoms with Crippen molar-refractivity contribution in [3.05, 3.63) is 58.3 Å². The van der Waals surface area contributed by atoms with E-state index in [1.54, 1.807) is 21.8 Å². The third kappa shape index (κ3) is 4.23. The zero-order chi connectivity index (χ0) is 25.0. The van der Waals surface area contributed by atoms with Gasteiger partial charge < -0.3 is 14.7 Å². The number of amides is 1. The number of ether oxygens (including phenoxy) is 1. The summed E-state index contributed by atoms with van der Waals surface area (Å²) in [5, 5.41) is 14.5. The number of aromatic nitrogens is 3. The summed E-state index contributed by atoms with van der Waals surface area (Å²) in [5.41, 5.74) is 2.71. The van der Waals surface area contributed by atoms with E-state index in [0.29, 0.717) is 47.2 Å². The van der Waals surface area contributed by atoms with Gasteiger partial charge in [0, 0.05) is 43.1 Å². The minimum Gasteiger partial charge on any atom is -0.489 e. The molecule has 36 heavy (non-hydrogen) atoms. The number of carbonyl (C=O) groups is 1. The van der Waals surface area contributed by atoms with E-state index in [1.165, 1.54) is 18.2 Å². The number of piperidine rings is 1. The SMILES string of the molecule is C[C@@H](CO)CN1[C@@H]2CC[C@H]1CC(Oc1cc(F)ccc1C(=O)N1Cc3nn4cc(Cl)cnc4c3C1)C2.